The molecule has 3 aromatic rings. The topological polar surface area (TPSA) is 154 Å². The molecule has 168 valence electrons. The number of amides is 1. The van der Waals surface area contributed by atoms with E-state index in [9.17, 15) is 9.90 Å². The number of hydrogen-bond donors (Lipinski definition) is 3. The third-order valence-corrected chi connectivity index (χ3v) is 5.72. The maximum absolute atomic E-state index is 12.0. The third kappa shape index (κ3) is 5.22. The number of carbonyl (C=O) groups is 1. The fourth-order valence-corrected chi connectivity index (χ4v) is 3.97. The maximum Gasteiger partial charge on any atom is 0.252 e. The van der Waals surface area contributed by atoms with E-state index in [1.165, 1.54) is 6.20 Å². The number of aliphatic hydroxyl groups excluding tert-OH is 1. The summed E-state index contributed by atoms with van der Waals surface area (Å²) in [6.07, 6.45) is 9.10. The van der Waals surface area contributed by atoms with Gasteiger partial charge in [0.2, 0.25) is 0 Å². The van der Waals surface area contributed by atoms with Crippen molar-refractivity contribution in [2.24, 2.45) is 11.7 Å². The van der Waals surface area contributed by atoms with Crippen LogP contribution < -0.4 is 16.0 Å². The van der Waals surface area contributed by atoms with Crippen molar-refractivity contribution in [2.45, 2.75) is 18.9 Å². The fourth-order valence-electron chi connectivity index (χ4n) is 3.97. The quantitative estimate of drug-likeness (QED) is 0.486. The van der Waals surface area contributed by atoms with Gasteiger partial charge in [-0.15, -0.1) is 0 Å². The molecule has 0 bridgehead atoms. The van der Waals surface area contributed by atoms with Gasteiger partial charge in [-0.1, -0.05) is 0 Å². The first-order valence-corrected chi connectivity index (χ1v) is 10.6. The molecular formula is C23H24N8O2. The average molecular weight is 444 g/mol. The molecular weight excluding hydrogens is 420 g/mol. The average Bonchev–Trinajstić information content (AvgIpc) is 2.85. The molecule has 0 saturated carbocycles. The van der Waals surface area contributed by atoms with Crippen LogP contribution >= 0.6 is 0 Å². The molecule has 10 nitrogen and oxygen atoms in total. The van der Waals surface area contributed by atoms with Gasteiger partial charge in [-0.2, -0.15) is 5.26 Å². The van der Waals surface area contributed by atoms with Crippen LogP contribution in [-0.2, 0) is 6.42 Å². The number of rotatable bonds is 7. The summed E-state index contributed by atoms with van der Waals surface area (Å²) in [7, 11) is 0. The van der Waals surface area contributed by atoms with Gasteiger partial charge in [0.1, 0.15) is 11.9 Å². The number of nitrogens with one attached hydrogen (secondary N) is 1. The molecule has 10 heteroatoms. The fraction of sp³-hybridized carbons (Fsp3) is 0.304. The summed E-state index contributed by atoms with van der Waals surface area (Å²) in [4.78, 5) is 31.2. The Hall–Kier alpha value is -4.10. The predicted octanol–water partition coefficient (Wildman–Crippen LogP) is 1.13. The van der Waals surface area contributed by atoms with E-state index in [0.717, 1.165) is 17.2 Å². The van der Waals surface area contributed by atoms with Gasteiger partial charge in [0.25, 0.3) is 5.91 Å². The van der Waals surface area contributed by atoms with Crippen LogP contribution in [-0.4, -0.2) is 56.7 Å². The molecule has 1 amide bonds. The number of aliphatic hydroxyl groups is 1. The normalized spacial score (nSPS) is 17.9. The third-order valence-electron chi connectivity index (χ3n) is 5.72. The van der Waals surface area contributed by atoms with E-state index in [1.807, 2.05) is 6.07 Å². The molecule has 0 aromatic carbocycles. The van der Waals surface area contributed by atoms with Crippen molar-refractivity contribution in [1.29, 1.82) is 5.26 Å². The zero-order valence-corrected chi connectivity index (χ0v) is 17.9. The maximum atomic E-state index is 12.0. The van der Waals surface area contributed by atoms with Gasteiger partial charge < -0.3 is 21.1 Å². The van der Waals surface area contributed by atoms with E-state index in [4.69, 9.17) is 11.0 Å². The SMILES string of the molecule is N#Cc1ccc(N2CC[C@@H](Nc3cc(Cc4cnccn4)ncc3C(N)=O)[C@@H](CO)C2)nc1. The minimum Gasteiger partial charge on any atom is -0.396 e. The number of nitriles is 1. The largest absolute Gasteiger partial charge is 0.396 e. The Morgan fingerprint density at radius 2 is 2.09 bits per heavy atom. The molecule has 4 heterocycles. The molecule has 1 aliphatic heterocycles. The summed E-state index contributed by atoms with van der Waals surface area (Å²) in [5, 5.41) is 22.5. The smallest absolute Gasteiger partial charge is 0.252 e. The van der Waals surface area contributed by atoms with Gasteiger partial charge in [-0.3, -0.25) is 19.7 Å². The second-order valence-corrected chi connectivity index (χ2v) is 7.90. The van der Waals surface area contributed by atoms with E-state index in [0.29, 0.717) is 42.7 Å². The van der Waals surface area contributed by atoms with Crippen LogP contribution in [0.2, 0.25) is 0 Å². The lowest BCUT2D eigenvalue weighted by Crippen LogP contribution is -2.48. The minimum atomic E-state index is -0.573. The molecule has 1 aliphatic rings. The molecule has 1 saturated heterocycles. The molecule has 4 N–H and O–H groups in total. The monoisotopic (exact) mass is 444 g/mol. The van der Waals surface area contributed by atoms with Crippen molar-refractivity contribution in [3.8, 4) is 6.07 Å². The Morgan fingerprint density at radius 1 is 1.21 bits per heavy atom. The number of hydrogen-bond acceptors (Lipinski definition) is 9. The lowest BCUT2D eigenvalue weighted by Gasteiger charge is -2.39. The number of nitrogens with two attached hydrogens (primary N) is 1. The Bertz CT molecular complexity index is 1150. The number of anilines is 2. The Morgan fingerprint density at radius 3 is 2.76 bits per heavy atom. The van der Waals surface area contributed by atoms with Crippen molar-refractivity contribution < 1.29 is 9.90 Å². The van der Waals surface area contributed by atoms with Gasteiger partial charge in [-0.25, -0.2) is 4.98 Å². The Labute approximate surface area is 191 Å². The standard InChI is InChI=1S/C23H24N8O2/c24-9-15-1-2-22(29-10-15)31-6-3-20(16(13-31)14-32)30-21-8-17(28-12-19(21)23(25)33)7-18-11-26-4-5-27-18/h1-2,4-5,8,10-12,16,20,32H,3,6-7,13-14H2,(H2,25,33)(H,28,30)/t16-,20-/m1/s1. The highest BCUT2D eigenvalue weighted by molar-refractivity contribution is 5.98. The Kier molecular flexibility index (Phi) is 6.71. The van der Waals surface area contributed by atoms with Gasteiger partial charge in [-0.05, 0) is 24.6 Å². The summed E-state index contributed by atoms with van der Waals surface area (Å²) >= 11 is 0. The molecule has 2 atom stereocenters. The minimum absolute atomic E-state index is 0.0338. The molecule has 3 aromatic heterocycles. The lowest BCUT2D eigenvalue weighted by atomic mass is 9.92. The van der Waals surface area contributed by atoms with E-state index in [2.05, 4.69) is 36.2 Å². The van der Waals surface area contributed by atoms with Crippen LogP contribution in [0.3, 0.4) is 0 Å². The number of pyridine rings is 2. The number of carbonyl (C=O) groups excluding carboxylic acids is 1. The number of piperidine rings is 1. The van der Waals surface area contributed by atoms with Crippen molar-refractivity contribution in [3.63, 3.8) is 0 Å². The van der Waals surface area contributed by atoms with E-state index < -0.39 is 5.91 Å². The summed E-state index contributed by atoms with van der Waals surface area (Å²) in [5.74, 6) is 0.0863. The van der Waals surface area contributed by atoms with Crippen LogP contribution in [0.15, 0.2) is 49.2 Å². The van der Waals surface area contributed by atoms with Crippen LogP contribution in [0, 0.1) is 17.2 Å². The first-order valence-electron chi connectivity index (χ1n) is 10.6. The van der Waals surface area contributed by atoms with Gasteiger partial charge in [0.15, 0.2) is 0 Å². The first kappa shape index (κ1) is 22.1. The zero-order valence-electron chi connectivity index (χ0n) is 17.9. The molecule has 4 rings (SSSR count). The van der Waals surface area contributed by atoms with E-state index >= 15 is 0 Å². The highest BCUT2D eigenvalue weighted by Crippen LogP contribution is 2.27. The van der Waals surface area contributed by atoms with E-state index in [1.54, 1.807) is 36.9 Å². The van der Waals surface area contributed by atoms with Gasteiger partial charge in [0, 0.05) is 74.8 Å². The van der Waals surface area contributed by atoms with Crippen molar-refractivity contribution >= 4 is 17.4 Å². The molecule has 33 heavy (non-hydrogen) atoms. The Balaban J connectivity index is 1.51. The molecule has 0 aliphatic carbocycles. The van der Waals surface area contributed by atoms with Gasteiger partial charge in [0.05, 0.1) is 22.5 Å². The van der Waals surface area contributed by atoms with Crippen molar-refractivity contribution in [2.75, 3.05) is 29.9 Å². The van der Waals surface area contributed by atoms with Crippen LogP contribution in [0.4, 0.5) is 11.5 Å². The second-order valence-electron chi connectivity index (χ2n) is 7.90. The predicted molar refractivity (Wildman–Crippen MR) is 121 cm³/mol. The van der Waals surface area contributed by atoms with E-state index in [-0.39, 0.29) is 18.6 Å². The number of aromatic nitrogens is 4. The molecule has 0 unspecified atom stereocenters. The number of nitrogens with zero attached hydrogens (tertiary/aromatic N) is 6. The van der Waals surface area contributed by atoms with Crippen LogP contribution in [0.25, 0.3) is 0 Å². The zero-order chi connectivity index (χ0) is 23.2. The molecule has 0 spiro atoms. The highest BCUT2D eigenvalue weighted by Gasteiger charge is 2.30. The molecule has 1 fully saturated rings. The summed E-state index contributed by atoms with van der Waals surface area (Å²) in [5.41, 5.74) is 8.46. The van der Waals surface area contributed by atoms with Crippen LogP contribution in [0.1, 0.15) is 33.7 Å². The summed E-state index contributed by atoms with van der Waals surface area (Å²) in [6.45, 7) is 1.25. The molecule has 0 radical (unpaired) electrons. The summed E-state index contributed by atoms with van der Waals surface area (Å²) < 4.78 is 0. The van der Waals surface area contributed by atoms with Gasteiger partial charge >= 0.3 is 0 Å². The van der Waals surface area contributed by atoms with Crippen molar-refractivity contribution in [3.05, 3.63) is 71.7 Å². The first-order chi connectivity index (χ1) is 16.1. The van der Waals surface area contributed by atoms with Crippen molar-refractivity contribution in [1.82, 2.24) is 19.9 Å². The lowest BCUT2D eigenvalue weighted by molar-refractivity contribution is 0.100. The van der Waals surface area contributed by atoms with Crippen LogP contribution in [0.5, 0.6) is 0 Å². The second kappa shape index (κ2) is 10.0. The summed E-state index contributed by atoms with van der Waals surface area (Å²) in [6, 6.07) is 7.34. The highest BCUT2D eigenvalue weighted by atomic mass is 16.3. The number of primary amides is 1.